The molecule has 0 radical (unpaired) electrons. The van der Waals surface area contributed by atoms with Crippen LogP contribution in [0.3, 0.4) is 0 Å². The summed E-state index contributed by atoms with van der Waals surface area (Å²) < 4.78 is 20.8. The molecule has 174 valence electrons. The van der Waals surface area contributed by atoms with Crippen LogP contribution in [-0.4, -0.2) is 23.0 Å². The average Bonchev–Trinajstić information content (AvgIpc) is 3.27. The van der Waals surface area contributed by atoms with Gasteiger partial charge >= 0.3 is 5.97 Å². The second-order valence-corrected chi connectivity index (χ2v) is 9.98. The normalized spacial score (nSPS) is 18.2. The minimum absolute atomic E-state index is 0.112. The number of H-pyrrole nitrogens is 1. The Morgan fingerprint density at radius 3 is 2.47 bits per heavy atom. The molecule has 1 saturated carbocycles. The van der Waals surface area contributed by atoms with Crippen LogP contribution in [0.25, 0.3) is 33.5 Å². The molecule has 1 aliphatic carbocycles. The van der Waals surface area contributed by atoms with Gasteiger partial charge in [0.2, 0.25) is 0 Å². The lowest BCUT2D eigenvalue weighted by atomic mass is 9.77. The first-order valence-electron chi connectivity index (χ1n) is 11.6. The lowest BCUT2D eigenvalue weighted by molar-refractivity contribution is -0.142. The molecule has 0 spiro atoms. The Morgan fingerprint density at radius 2 is 1.76 bits per heavy atom. The van der Waals surface area contributed by atoms with E-state index < -0.39 is 0 Å². The highest BCUT2D eigenvalue weighted by molar-refractivity contribution is 9.10. The third kappa shape index (κ3) is 4.78. The maximum atomic E-state index is 15.0. The van der Waals surface area contributed by atoms with E-state index in [1.165, 1.54) is 12.7 Å². The van der Waals surface area contributed by atoms with Crippen molar-refractivity contribution >= 4 is 32.9 Å². The number of aromatic amines is 1. The van der Waals surface area contributed by atoms with Crippen LogP contribution < -0.4 is 0 Å². The van der Waals surface area contributed by atoms with Crippen molar-refractivity contribution in [2.75, 3.05) is 7.11 Å². The Bertz CT molecular complexity index is 1320. The van der Waals surface area contributed by atoms with Crippen LogP contribution in [0.5, 0.6) is 0 Å². The molecule has 1 fully saturated rings. The van der Waals surface area contributed by atoms with Crippen molar-refractivity contribution in [1.29, 1.82) is 0 Å². The number of esters is 1. The molecule has 4 aromatic rings. The van der Waals surface area contributed by atoms with Crippen LogP contribution >= 0.6 is 15.9 Å². The smallest absolute Gasteiger partial charge is 0.305 e. The van der Waals surface area contributed by atoms with E-state index >= 15 is 4.39 Å². The fourth-order valence-electron chi connectivity index (χ4n) is 4.96. The molecule has 1 N–H and O–H groups in total. The van der Waals surface area contributed by atoms with Gasteiger partial charge in [-0.3, -0.25) is 4.79 Å². The number of halogens is 2. The van der Waals surface area contributed by atoms with E-state index in [-0.39, 0.29) is 11.8 Å². The van der Waals surface area contributed by atoms with Crippen molar-refractivity contribution in [3.8, 4) is 22.5 Å². The Kier molecular flexibility index (Phi) is 6.50. The van der Waals surface area contributed by atoms with E-state index in [4.69, 9.17) is 4.74 Å². The van der Waals surface area contributed by atoms with Crippen molar-refractivity contribution < 1.29 is 13.9 Å². The van der Waals surface area contributed by atoms with E-state index in [1.54, 1.807) is 12.1 Å². The fourth-order valence-corrected chi connectivity index (χ4v) is 5.32. The van der Waals surface area contributed by atoms with Gasteiger partial charge in [0.05, 0.1) is 23.7 Å². The number of aromatic nitrogens is 2. The summed E-state index contributed by atoms with van der Waals surface area (Å²) in [4.78, 5) is 19.3. The molecule has 5 rings (SSSR count). The summed E-state index contributed by atoms with van der Waals surface area (Å²) in [7, 11) is 1.45. The molecule has 34 heavy (non-hydrogen) atoms. The van der Waals surface area contributed by atoms with Crippen molar-refractivity contribution in [3.63, 3.8) is 0 Å². The highest BCUT2D eigenvalue weighted by atomic mass is 79.9. The molecule has 1 aromatic heterocycles. The van der Waals surface area contributed by atoms with E-state index in [1.807, 2.05) is 24.3 Å². The molecule has 1 heterocycles. The van der Waals surface area contributed by atoms with Gasteiger partial charge in [-0.15, -0.1) is 0 Å². The minimum atomic E-state index is -0.302. The molecular formula is C28H26BrFN2O2. The van der Waals surface area contributed by atoms with E-state index in [0.717, 1.165) is 52.3 Å². The number of ether oxygens (including phenoxy) is 1. The van der Waals surface area contributed by atoms with Crippen LogP contribution in [0.4, 0.5) is 4.39 Å². The highest BCUT2D eigenvalue weighted by Crippen LogP contribution is 2.38. The standard InChI is InChI=1S/C28H26BrFN2O2/c1-34-27(33)14-17-2-4-18(5-3-17)19-6-8-20(9-7-19)21-10-12-23(24(30)15-21)28-31-25-13-11-22(29)16-26(25)32-28/h6-13,15-18H,2-5,14H2,1H3,(H,31,32). The second kappa shape index (κ2) is 9.71. The van der Waals surface area contributed by atoms with Crippen LogP contribution in [0.1, 0.15) is 43.6 Å². The fraction of sp³-hybridized carbons (Fsp3) is 0.286. The summed E-state index contributed by atoms with van der Waals surface area (Å²) in [5, 5.41) is 0. The average molecular weight is 521 g/mol. The zero-order valence-electron chi connectivity index (χ0n) is 19.0. The molecule has 0 aliphatic heterocycles. The minimum Gasteiger partial charge on any atom is -0.469 e. The molecule has 3 aromatic carbocycles. The molecule has 0 atom stereocenters. The quantitative estimate of drug-likeness (QED) is 0.275. The zero-order valence-corrected chi connectivity index (χ0v) is 20.6. The molecule has 0 bridgehead atoms. The van der Waals surface area contributed by atoms with E-state index in [0.29, 0.717) is 29.6 Å². The number of methoxy groups -OCH3 is 1. The van der Waals surface area contributed by atoms with Gasteiger partial charge in [0.25, 0.3) is 0 Å². The third-order valence-corrected chi connectivity index (χ3v) is 7.41. The maximum absolute atomic E-state index is 15.0. The maximum Gasteiger partial charge on any atom is 0.305 e. The Hall–Kier alpha value is -2.99. The molecule has 4 nitrogen and oxygen atoms in total. The molecule has 0 amide bonds. The van der Waals surface area contributed by atoms with Crippen molar-refractivity contribution in [2.45, 2.75) is 38.0 Å². The van der Waals surface area contributed by atoms with Crippen molar-refractivity contribution in [2.24, 2.45) is 5.92 Å². The lowest BCUT2D eigenvalue weighted by Gasteiger charge is -2.28. The number of nitrogens with one attached hydrogen (secondary N) is 1. The van der Waals surface area contributed by atoms with Gasteiger partial charge < -0.3 is 9.72 Å². The summed E-state index contributed by atoms with van der Waals surface area (Å²) in [6, 6.07) is 19.5. The monoisotopic (exact) mass is 520 g/mol. The summed E-state index contributed by atoms with van der Waals surface area (Å²) in [6.07, 6.45) is 4.78. The second-order valence-electron chi connectivity index (χ2n) is 9.06. The van der Waals surface area contributed by atoms with Gasteiger partial charge in [-0.1, -0.05) is 46.3 Å². The van der Waals surface area contributed by atoms with Crippen LogP contribution in [-0.2, 0) is 9.53 Å². The largest absolute Gasteiger partial charge is 0.469 e. The topological polar surface area (TPSA) is 55.0 Å². The van der Waals surface area contributed by atoms with Crippen molar-refractivity contribution in [1.82, 2.24) is 9.97 Å². The number of carbonyl (C=O) groups excluding carboxylic acids is 1. The number of hydrogen-bond donors (Lipinski definition) is 1. The number of rotatable bonds is 5. The molecule has 0 saturated heterocycles. The summed E-state index contributed by atoms with van der Waals surface area (Å²) in [6.45, 7) is 0. The van der Waals surface area contributed by atoms with Gasteiger partial charge in [-0.05, 0) is 84.5 Å². The Labute approximate surface area is 206 Å². The molecule has 1 aliphatic rings. The summed E-state index contributed by atoms with van der Waals surface area (Å²) >= 11 is 3.45. The Morgan fingerprint density at radius 1 is 1.03 bits per heavy atom. The number of imidazole rings is 1. The zero-order chi connectivity index (χ0) is 23.7. The number of fused-ring (bicyclic) bond motifs is 1. The van der Waals surface area contributed by atoms with Crippen LogP contribution in [0.2, 0.25) is 0 Å². The number of hydrogen-bond acceptors (Lipinski definition) is 3. The highest BCUT2D eigenvalue weighted by Gasteiger charge is 2.24. The lowest BCUT2D eigenvalue weighted by Crippen LogP contribution is -2.17. The first kappa shape index (κ1) is 22.8. The van der Waals surface area contributed by atoms with Gasteiger partial charge in [-0.25, -0.2) is 9.37 Å². The van der Waals surface area contributed by atoms with Crippen LogP contribution in [0.15, 0.2) is 65.1 Å². The predicted molar refractivity (Wildman–Crippen MR) is 136 cm³/mol. The SMILES string of the molecule is COC(=O)CC1CCC(c2ccc(-c3ccc(-c4nc5ccc(Br)cc5[nH]4)c(F)c3)cc2)CC1. The molecule has 6 heteroatoms. The predicted octanol–water partition coefficient (Wildman–Crippen LogP) is 7.64. The first-order chi connectivity index (χ1) is 16.5. The number of nitrogens with zero attached hydrogens (tertiary/aromatic N) is 1. The first-order valence-corrected chi connectivity index (χ1v) is 12.4. The van der Waals surface area contributed by atoms with Gasteiger partial charge in [-0.2, -0.15) is 0 Å². The molecular weight excluding hydrogens is 495 g/mol. The van der Waals surface area contributed by atoms with E-state index in [9.17, 15) is 4.79 Å². The van der Waals surface area contributed by atoms with Gasteiger partial charge in [0, 0.05) is 10.9 Å². The van der Waals surface area contributed by atoms with Crippen LogP contribution in [0, 0.1) is 11.7 Å². The van der Waals surface area contributed by atoms with Gasteiger partial charge in [0.15, 0.2) is 0 Å². The molecule has 0 unspecified atom stereocenters. The number of carbonyl (C=O) groups is 1. The summed E-state index contributed by atoms with van der Waals surface area (Å²) in [5.41, 5.74) is 5.26. The summed E-state index contributed by atoms with van der Waals surface area (Å²) in [5.74, 6) is 1.05. The third-order valence-electron chi connectivity index (χ3n) is 6.91. The number of benzene rings is 3. The van der Waals surface area contributed by atoms with Gasteiger partial charge in [0.1, 0.15) is 11.6 Å². The van der Waals surface area contributed by atoms with Crippen molar-refractivity contribution in [3.05, 3.63) is 76.5 Å². The van der Waals surface area contributed by atoms with E-state index in [2.05, 4.69) is 50.2 Å². The Balaban J connectivity index is 1.29.